The van der Waals surface area contributed by atoms with E-state index >= 15 is 0 Å². The Balaban J connectivity index is 2.11. The van der Waals surface area contributed by atoms with Crippen LogP contribution < -0.4 is 5.32 Å². The largest absolute Gasteiger partial charge is 0.396 e. The Morgan fingerprint density at radius 2 is 1.94 bits per heavy atom. The van der Waals surface area contributed by atoms with E-state index in [0.29, 0.717) is 12.5 Å². The summed E-state index contributed by atoms with van der Waals surface area (Å²) in [4.78, 5) is 0. The molecule has 3 N–H and O–H groups in total. The third-order valence-corrected chi connectivity index (χ3v) is 2.88. The molecule has 1 aromatic carbocycles. The quantitative estimate of drug-likeness (QED) is 0.603. The van der Waals surface area contributed by atoms with Gasteiger partial charge in [-0.1, -0.05) is 37.3 Å². The Morgan fingerprint density at radius 1 is 1.24 bits per heavy atom. The van der Waals surface area contributed by atoms with Crippen molar-refractivity contribution in [2.75, 3.05) is 19.7 Å². The smallest absolute Gasteiger partial charge is 0.0914 e. The van der Waals surface area contributed by atoms with E-state index in [0.717, 1.165) is 24.9 Å². The summed E-state index contributed by atoms with van der Waals surface area (Å²) in [5.41, 5.74) is 0.948. The Morgan fingerprint density at radius 3 is 2.59 bits per heavy atom. The topological polar surface area (TPSA) is 52.5 Å². The molecule has 0 saturated heterocycles. The van der Waals surface area contributed by atoms with Crippen LogP contribution in [0.2, 0.25) is 0 Å². The number of aliphatic hydroxyl groups excluding tert-OH is 2. The first-order chi connectivity index (χ1) is 8.24. The predicted octanol–water partition coefficient (Wildman–Crippen LogP) is 1.72. The highest BCUT2D eigenvalue weighted by atomic mass is 16.3. The van der Waals surface area contributed by atoms with Crippen molar-refractivity contribution < 1.29 is 10.2 Å². The molecule has 0 aliphatic rings. The van der Waals surface area contributed by atoms with Crippen molar-refractivity contribution in [3.63, 3.8) is 0 Å². The molecule has 0 aliphatic carbocycles. The molecule has 0 amide bonds. The summed E-state index contributed by atoms with van der Waals surface area (Å²) >= 11 is 0. The van der Waals surface area contributed by atoms with Gasteiger partial charge in [-0.3, -0.25) is 0 Å². The van der Waals surface area contributed by atoms with E-state index in [-0.39, 0.29) is 6.61 Å². The second kappa shape index (κ2) is 8.23. The average molecular weight is 237 g/mol. The first-order valence-electron chi connectivity index (χ1n) is 6.28. The van der Waals surface area contributed by atoms with Crippen molar-refractivity contribution in [2.24, 2.45) is 5.92 Å². The van der Waals surface area contributed by atoms with E-state index in [9.17, 15) is 5.11 Å². The zero-order valence-corrected chi connectivity index (χ0v) is 10.5. The van der Waals surface area contributed by atoms with E-state index in [1.165, 1.54) is 0 Å². The maximum absolute atomic E-state index is 9.87. The van der Waals surface area contributed by atoms with Gasteiger partial charge >= 0.3 is 0 Å². The second-order valence-electron chi connectivity index (χ2n) is 4.56. The molecule has 3 heteroatoms. The standard InChI is InChI=1S/C14H23NO2/c1-12(11-16)6-5-9-15-10-14(17)13-7-3-2-4-8-13/h2-4,7-8,12,14-17H,5-6,9-11H2,1H3. The number of benzene rings is 1. The maximum Gasteiger partial charge on any atom is 0.0914 e. The molecule has 0 radical (unpaired) electrons. The average Bonchev–Trinajstić information content (AvgIpc) is 2.38. The molecule has 0 fully saturated rings. The lowest BCUT2D eigenvalue weighted by Gasteiger charge is -2.12. The lowest BCUT2D eigenvalue weighted by atomic mass is 10.1. The normalized spacial score (nSPS) is 14.5. The third-order valence-electron chi connectivity index (χ3n) is 2.88. The van der Waals surface area contributed by atoms with E-state index < -0.39 is 6.10 Å². The highest BCUT2D eigenvalue weighted by Gasteiger charge is 2.05. The Labute approximate surface area is 103 Å². The summed E-state index contributed by atoms with van der Waals surface area (Å²) in [6.07, 6.45) is 1.61. The first-order valence-corrected chi connectivity index (χ1v) is 6.28. The van der Waals surface area contributed by atoms with Gasteiger partial charge in [0.1, 0.15) is 0 Å². The van der Waals surface area contributed by atoms with Gasteiger partial charge < -0.3 is 15.5 Å². The molecule has 0 aliphatic heterocycles. The van der Waals surface area contributed by atoms with Crippen LogP contribution in [0.1, 0.15) is 31.4 Å². The van der Waals surface area contributed by atoms with Gasteiger partial charge in [0, 0.05) is 13.2 Å². The molecule has 0 aromatic heterocycles. The molecule has 1 rings (SSSR count). The molecule has 3 nitrogen and oxygen atoms in total. The molecular formula is C14H23NO2. The minimum atomic E-state index is -0.438. The molecule has 2 atom stereocenters. The van der Waals surface area contributed by atoms with Gasteiger partial charge in [0.25, 0.3) is 0 Å². The summed E-state index contributed by atoms with van der Waals surface area (Å²) in [6, 6.07) is 9.67. The SMILES string of the molecule is CC(CO)CCCNCC(O)c1ccccc1. The lowest BCUT2D eigenvalue weighted by Crippen LogP contribution is -2.23. The number of nitrogens with one attached hydrogen (secondary N) is 1. The van der Waals surface area contributed by atoms with Crippen molar-refractivity contribution in [3.05, 3.63) is 35.9 Å². The molecule has 0 heterocycles. The van der Waals surface area contributed by atoms with Crippen LogP contribution in [0, 0.1) is 5.92 Å². The van der Waals surface area contributed by atoms with Crippen molar-refractivity contribution in [1.29, 1.82) is 0 Å². The minimum Gasteiger partial charge on any atom is -0.396 e. The van der Waals surface area contributed by atoms with Crippen LogP contribution in [0.5, 0.6) is 0 Å². The highest BCUT2D eigenvalue weighted by Crippen LogP contribution is 2.10. The van der Waals surface area contributed by atoms with Crippen LogP contribution >= 0.6 is 0 Å². The Hall–Kier alpha value is -0.900. The molecule has 96 valence electrons. The van der Waals surface area contributed by atoms with Crippen LogP contribution in [0.15, 0.2) is 30.3 Å². The van der Waals surface area contributed by atoms with E-state index in [4.69, 9.17) is 5.11 Å². The summed E-state index contributed by atoms with van der Waals surface area (Å²) in [7, 11) is 0. The summed E-state index contributed by atoms with van der Waals surface area (Å²) in [6.45, 7) is 3.76. The van der Waals surface area contributed by atoms with Gasteiger partial charge in [-0.05, 0) is 30.9 Å². The predicted molar refractivity (Wildman–Crippen MR) is 69.8 cm³/mol. The fourth-order valence-corrected chi connectivity index (χ4v) is 1.70. The minimum absolute atomic E-state index is 0.257. The molecule has 1 aromatic rings. The van der Waals surface area contributed by atoms with Crippen molar-refractivity contribution in [3.8, 4) is 0 Å². The van der Waals surface area contributed by atoms with Crippen molar-refractivity contribution in [2.45, 2.75) is 25.9 Å². The number of rotatable bonds is 8. The van der Waals surface area contributed by atoms with E-state index in [2.05, 4.69) is 5.32 Å². The summed E-state index contributed by atoms with van der Waals surface area (Å²) < 4.78 is 0. The highest BCUT2D eigenvalue weighted by molar-refractivity contribution is 5.17. The van der Waals surface area contributed by atoms with Crippen molar-refractivity contribution in [1.82, 2.24) is 5.32 Å². The molecule has 17 heavy (non-hydrogen) atoms. The monoisotopic (exact) mass is 237 g/mol. The van der Waals surface area contributed by atoms with Gasteiger partial charge in [-0.15, -0.1) is 0 Å². The van der Waals surface area contributed by atoms with Gasteiger partial charge in [0.15, 0.2) is 0 Å². The van der Waals surface area contributed by atoms with Crippen LogP contribution in [0.4, 0.5) is 0 Å². The van der Waals surface area contributed by atoms with Gasteiger partial charge in [-0.2, -0.15) is 0 Å². The van der Waals surface area contributed by atoms with Gasteiger partial charge in [0.2, 0.25) is 0 Å². The number of hydrogen-bond donors (Lipinski definition) is 3. The van der Waals surface area contributed by atoms with Crippen LogP contribution in [-0.2, 0) is 0 Å². The van der Waals surface area contributed by atoms with E-state index in [1.807, 2.05) is 37.3 Å². The molecule has 2 unspecified atom stereocenters. The Bertz CT molecular complexity index is 290. The number of aliphatic hydroxyl groups is 2. The fraction of sp³-hybridized carbons (Fsp3) is 0.571. The van der Waals surface area contributed by atoms with Crippen LogP contribution in [0.3, 0.4) is 0 Å². The Kier molecular flexibility index (Phi) is 6.86. The summed E-state index contributed by atoms with van der Waals surface area (Å²) in [5, 5.41) is 22.0. The molecular weight excluding hydrogens is 214 g/mol. The van der Waals surface area contributed by atoms with Crippen LogP contribution in [0.25, 0.3) is 0 Å². The number of hydrogen-bond acceptors (Lipinski definition) is 3. The molecule has 0 spiro atoms. The van der Waals surface area contributed by atoms with Crippen molar-refractivity contribution >= 4 is 0 Å². The van der Waals surface area contributed by atoms with Crippen LogP contribution in [-0.4, -0.2) is 29.9 Å². The van der Waals surface area contributed by atoms with E-state index in [1.54, 1.807) is 0 Å². The molecule has 0 saturated carbocycles. The van der Waals surface area contributed by atoms with Gasteiger partial charge in [-0.25, -0.2) is 0 Å². The second-order valence-corrected chi connectivity index (χ2v) is 4.56. The maximum atomic E-state index is 9.87. The third kappa shape index (κ3) is 5.82. The van der Waals surface area contributed by atoms with Gasteiger partial charge in [0.05, 0.1) is 6.10 Å². The zero-order valence-electron chi connectivity index (χ0n) is 10.5. The lowest BCUT2D eigenvalue weighted by molar-refractivity contribution is 0.174. The fourth-order valence-electron chi connectivity index (χ4n) is 1.70. The first kappa shape index (κ1) is 14.2. The molecule has 0 bridgehead atoms. The summed E-state index contributed by atoms with van der Waals surface area (Å²) in [5.74, 6) is 0.371. The zero-order chi connectivity index (χ0) is 12.5.